The summed E-state index contributed by atoms with van der Waals surface area (Å²) in [5.74, 6) is -0.481. The van der Waals surface area contributed by atoms with Crippen LogP contribution in [-0.2, 0) is 0 Å². The zero-order valence-corrected chi connectivity index (χ0v) is 18.2. The van der Waals surface area contributed by atoms with E-state index in [9.17, 15) is 9.59 Å². The molecule has 0 saturated carbocycles. The fraction of sp³-hybridized carbons (Fsp3) is 0.0455. The van der Waals surface area contributed by atoms with Gasteiger partial charge in [0.1, 0.15) is 0 Å². The Balaban J connectivity index is 1.49. The van der Waals surface area contributed by atoms with Gasteiger partial charge < -0.3 is 9.73 Å². The van der Waals surface area contributed by atoms with Crippen LogP contribution < -0.4 is 10.6 Å². The number of hydrogen-bond donors (Lipinski definition) is 2. The number of nitrogens with zero attached hydrogens (tertiary/aromatic N) is 1. The van der Waals surface area contributed by atoms with Crippen LogP contribution in [0.25, 0.3) is 11.3 Å². The Morgan fingerprint density at radius 2 is 1.90 bits per heavy atom. The predicted molar refractivity (Wildman–Crippen MR) is 121 cm³/mol. The molecule has 8 heteroatoms. The van der Waals surface area contributed by atoms with Gasteiger partial charge in [-0.3, -0.25) is 14.9 Å². The summed E-state index contributed by atoms with van der Waals surface area (Å²) in [7, 11) is 0. The Hall–Kier alpha value is -3.23. The highest BCUT2D eigenvalue weighted by atomic mass is 79.9. The van der Waals surface area contributed by atoms with Crippen molar-refractivity contribution in [3.8, 4) is 11.3 Å². The minimum Gasteiger partial charge on any atom is -0.459 e. The van der Waals surface area contributed by atoms with Gasteiger partial charge >= 0.3 is 0 Å². The summed E-state index contributed by atoms with van der Waals surface area (Å²) in [6.45, 7) is 1.85. The van der Waals surface area contributed by atoms with Crippen LogP contribution in [0.4, 0.5) is 10.8 Å². The molecule has 30 heavy (non-hydrogen) atoms. The van der Waals surface area contributed by atoms with Crippen LogP contribution in [0.2, 0.25) is 0 Å². The Morgan fingerprint density at radius 1 is 1.03 bits per heavy atom. The average molecular weight is 482 g/mol. The van der Waals surface area contributed by atoms with Crippen molar-refractivity contribution in [1.82, 2.24) is 4.98 Å². The SMILES string of the molecule is Cc1ccc(C(=O)Nc2nc(-c3cccc(Br)c3)cs2)cc1NC(=O)c1ccco1. The molecule has 2 N–H and O–H groups in total. The van der Waals surface area contributed by atoms with Crippen molar-refractivity contribution in [2.45, 2.75) is 6.92 Å². The summed E-state index contributed by atoms with van der Waals surface area (Å²) in [6.07, 6.45) is 1.43. The molecular formula is C22H16BrN3O3S. The molecule has 0 spiro atoms. The Labute approximate surface area is 185 Å². The molecule has 2 aromatic carbocycles. The quantitative estimate of drug-likeness (QED) is 0.367. The second kappa shape index (κ2) is 8.64. The van der Waals surface area contributed by atoms with Crippen LogP contribution in [0.3, 0.4) is 0 Å². The summed E-state index contributed by atoms with van der Waals surface area (Å²) in [5, 5.41) is 7.98. The normalized spacial score (nSPS) is 10.6. The van der Waals surface area contributed by atoms with Crippen LogP contribution in [0.1, 0.15) is 26.5 Å². The van der Waals surface area contributed by atoms with Gasteiger partial charge in [-0.25, -0.2) is 4.98 Å². The molecule has 2 amide bonds. The maximum absolute atomic E-state index is 12.7. The molecule has 0 aliphatic carbocycles. The molecule has 2 aromatic heterocycles. The maximum atomic E-state index is 12.7. The molecule has 0 aliphatic rings. The van der Waals surface area contributed by atoms with Gasteiger partial charge in [0.05, 0.1) is 12.0 Å². The van der Waals surface area contributed by atoms with E-state index in [2.05, 4.69) is 31.5 Å². The van der Waals surface area contributed by atoms with Gasteiger partial charge in [0.25, 0.3) is 11.8 Å². The largest absolute Gasteiger partial charge is 0.459 e. The van der Waals surface area contributed by atoms with E-state index in [1.54, 1.807) is 30.3 Å². The van der Waals surface area contributed by atoms with Crippen molar-refractivity contribution in [2.75, 3.05) is 10.6 Å². The van der Waals surface area contributed by atoms with Crippen LogP contribution in [0, 0.1) is 6.92 Å². The number of thiazole rings is 1. The van der Waals surface area contributed by atoms with Gasteiger partial charge in [0, 0.05) is 26.7 Å². The Kier molecular flexibility index (Phi) is 5.78. The van der Waals surface area contributed by atoms with Crippen molar-refractivity contribution < 1.29 is 14.0 Å². The first-order valence-corrected chi connectivity index (χ1v) is 10.7. The molecule has 0 atom stereocenters. The standard InChI is InChI=1S/C22H16BrN3O3S/c1-13-7-8-15(11-17(13)24-21(28)19-6-3-9-29-19)20(27)26-22-25-18(12-30-22)14-4-2-5-16(23)10-14/h2-12H,1H3,(H,24,28)(H,25,26,27). The van der Waals surface area contributed by atoms with Crippen LogP contribution in [0.5, 0.6) is 0 Å². The molecule has 0 radical (unpaired) electrons. The van der Waals surface area contributed by atoms with E-state index in [1.165, 1.54) is 17.6 Å². The number of aromatic nitrogens is 1. The summed E-state index contributed by atoms with van der Waals surface area (Å²) < 4.78 is 6.07. The first-order chi connectivity index (χ1) is 14.5. The highest BCUT2D eigenvalue weighted by Gasteiger charge is 2.14. The Bertz CT molecular complexity index is 1220. The topological polar surface area (TPSA) is 84.2 Å². The van der Waals surface area contributed by atoms with Gasteiger partial charge in [0.2, 0.25) is 0 Å². The lowest BCUT2D eigenvalue weighted by Gasteiger charge is -2.09. The van der Waals surface area contributed by atoms with Crippen LogP contribution >= 0.6 is 27.3 Å². The third kappa shape index (κ3) is 4.50. The molecule has 0 fully saturated rings. The number of rotatable bonds is 5. The molecule has 0 aliphatic heterocycles. The highest BCUT2D eigenvalue weighted by Crippen LogP contribution is 2.27. The number of furan rings is 1. The number of carbonyl (C=O) groups excluding carboxylic acids is 2. The molecule has 0 unspecified atom stereocenters. The molecule has 0 saturated heterocycles. The monoisotopic (exact) mass is 481 g/mol. The number of carbonyl (C=O) groups is 2. The van der Waals surface area contributed by atoms with Crippen molar-refractivity contribution in [3.63, 3.8) is 0 Å². The number of benzene rings is 2. The number of nitrogens with one attached hydrogen (secondary N) is 2. The molecular weight excluding hydrogens is 466 g/mol. The summed E-state index contributed by atoms with van der Waals surface area (Å²) in [6, 6.07) is 16.1. The average Bonchev–Trinajstić information content (AvgIpc) is 3.42. The third-order valence-corrected chi connectivity index (χ3v) is 5.59. The maximum Gasteiger partial charge on any atom is 0.291 e. The zero-order valence-electron chi connectivity index (χ0n) is 15.8. The minimum atomic E-state index is -0.376. The van der Waals surface area contributed by atoms with E-state index < -0.39 is 0 Å². The van der Waals surface area contributed by atoms with Gasteiger partial charge in [-0.2, -0.15) is 0 Å². The fourth-order valence-electron chi connectivity index (χ4n) is 2.77. The molecule has 2 heterocycles. The first kappa shape index (κ1) is 20.1. The predicted octanol–water partition coefficient (Wildman–Crippen LogP) is 5.98. The summed E-state index contributed by atoms with van der Waals surface area (Å²) >= 11 is 4.80. The lowest BCUT2D eigenvalue weighted by atomic mass is 10.1. The van der Waals surface area contributed by atoms with Gasteiger partial charge in [-0.05, 0) is 48.9 Å². The number of amides is 2. The fourth-order valence-corrected chi connectivity index (χ4v) is 3.88. The van der Waals surface area contributed by atoms with E-state index in [4.69, 9.17) is 4.42 Å². The van der Waals surface area contributed by atoms with Gasteiger partial charge in [-0.15, -0.1) is 11.3 Å². The van der Waals surface area contributed by atoms with E-state index in [1.807, 2.05) is 36.6 Å². The molecule has 4 aromatic rings. The van der Waals surface area contributed by atoms with Crippen LogP contribution in [0.15, 0.2) is 75.1 Å². The van der Waals surface area contributed by atoms with Crippen LogP contribution in [-0.4, -0.2) is 16.8 Å². The lowest BCUT2D eigenvalue weighted by molar-refractivity contribution is 0.0993. The number of halogens is 1. The van der Waals surface area contributed by atoms with Crippen molar-refractivity contribution in [3.05, 3.63) is 87.6 Å². The Morgan fingerprint density at radius 3 is 2.67 bits per heavy atom. The number of hydrogen-bond acceptors (Lipinski definition) is 5. The molecule has 150 valence electrons. The van der Waals surface area contributed by atoms with Crippen molar-refractivity contribution >= 4 is 49.9 Å². The van der Waals surface area contributed by atoms with Gasteiger partial charge in [0.15, 0.2) is 10.9 Å². The van der Waals surface area contributed by atoms with Crippen molar-refractivity contribution in [1.29, 1.82) is 0 Å². The van der Waals surface area contributed by atoms with Crippen molar-refractivity contribution in [2.24, 2.45) is 0 Å². The third-order valence-electron chi connectivity index (χ3n) is 4.34. The van der Waals surface area contributed by atoms with E-state index in [-0.39, 0.29) is 17.6 Å². The molecule has 4 rings (SSSR count). The molecule has 0 bridgehead atoms. The second-order valence-corrected chi connectivity index (χ2v) is 8.24. The smallest absolute Gasteiger partial charge is 0.291 e. The number of anilines is 2. The number of aryl methyl sites for hydroxylation is 1. The first-order valence-electron chi connectivity index (χ1n) is 8.98. The van der Waals surface area contributed by atoms with Gasteiger partial charge in [-0.1, -0.05) is 34.1 Å². The van der Waals surface area contributed by atoms with E-state index in [0.29, 0.717) is 16.4 Å². The highest BCUT2D eigenvalue weighted by molar-refractivity contribution is 9.10. The lowest BCUT2D eigenvalue weighted by Crippen LogP contribution is -2.15. The van der Waals surface area contributed by atoms with E-state index >= 15 is 0 Å². The summed E-state index contributed by atoms with van der Waals surface area (Å²) in [4.78, 5) is 29.4. The summed E-state index contributed by atoms with van der Waals surface area (Å²) in [5.41, 5.74) is 3.52. The van der Waals surface area contributed by atoms with E-state index in [0.717, 1.165) is 21.3 Å². The molecule has 6 nitrogen and oxygen atoms in total. The zero-order chi connectivity index (χ0) is 21.1. The minimum absolute atomic E-state index is 0.201. The second-order valence-electron chi connectivity index (χ2n) is 6.46.